The van der Waals surface area contributed by atoms with Crippen LogP contribution in [0.1, 0.15) is 0 Å². The number of hydrogen-bond donors (Lipinski definition) is 0. The lowest BCUT2D eigenvalue weighted by Crippen LogP contribution is -1.95. The zero-order chi connectivity index (χ0) is 28.1. The summed E-state index contributed by atoms with van der Waals surface area (Å²) >= 11 is 1.89. The number of benzene rings is 7. The topological polar surface area (TPSA) is 9.86 Å². The van der Waals surface area contributed by atoms with Gasteiger partial charge >= 0.3 is 0 Å². The second-order valence-electron chi connectivity index (χ2n) is 11.4. The summed E-state index contributed by atoms with van der Waals surface area (Å²) in [4.78, 5) is 0. The molecule has 0 amide bonds. The Labute approximate surface area is 251 Å². The number of fused-ring (bicyclic) bond motifs is 10. The molecule has 3 heterocycles. The minimum atomic E-state index is 1.18. The van der Waals surface area contributed by atoms with Crippen LogP contribution in [0.3, 0.4) is 0 Å². The molecule has 3 heteroatoms. The highest BCUT2D eigenvalue weighted by Gasteiger charge is 2.18. The first-order valence-corrected chi connectivity index (χ1v) is 15.5. The molecule has 0 radical (unpaired) electrons. The van der Waals surface area contributed by atoms with Gasteiger partial charge in [-0.05, 0) is 77.5 Å². The summed E-state index contributed by atoms with van der Waals surface area (Å²) in [5.41, 5.74) is 7.28. The second kappa shape index (κ2) is 8.57. The number of hydrogen-bond acceptors (Lipinski definition) is 1. The molecule has 0 spiro atoms. The molecular formula is C40H24N2S. The van der Waals surface area contributed by atoms with Crippen LogP contribution in [0.2, 0.25) is 0 Å². The van der Waals surface area contributed by atoms with Crippen molar-refractivity contribution in [2.45, 2.75) is 0 Å². The summed E-state index contributed by atoms with van der Waals surface area (Å²) in [6.45, 7) is 0. The van der Waals surface area contributed by atoms with Crippen molar-refractivity contribution >= 4 is 85.9 Å². The number of para-hydroxylation sites is 2. The Morgan fingerprint density at radius 3 is 1.84 bits per heavy atom. The van der Waals surface area contributed by atoms with Crippen LogP contribution in [-0.4, -0.2) is 9.13 Å². The van der Waals surface area contributed by atoms with Gasteiger partial charge in [-0.1, -0.05) is 78.9 Å². The fourth-order valence-electron chi connectivity index (χ4n) is 7.15. The molecule has 0 fully saturated rings. The van der Waals surface area contributed by atoms with Crippen LogP contribution in [0.15, 0.2) is 146 Å². The summed E-state index contributed by atoms with van der Waals surface area (Å²) in [7, 11) is 0. The molecule has 3 aromatic heterocycles. The maximum Gasteiger partial charge on any atom is 0.0548 e. The van der Waals surface area contributed by atoms with Crippen LogP contribution in [0, 0.1) is 0 Å². The zero-order valence-electron chi connectivity index (χ0n) is 23.2. The van der Waals surface area contributed by atoms with Gasteiger partial charge in [0.15, 0.2) is 0 Å². The quantitative estimate of drug-likeness (QED) is 0.198. The van der Waals surface area contributed by atoms with Crippen LogP contribution < -0.4 is 0 Å². The third-order valence-electron chi connectivity index (χ3n) is 9.06. The van der Waals surface area contributed by atoms with E-state index >= 15 is 0 Å². The largest absolute Gasteiger partial charge is 0.309 e. The van der Waals surface area contributed by atoms with Crippen molar-refractivity contribution in [1.82, 2.24) is 9.13 Å². The van der Waals surface area contributed by atoms with Crippen molar-refractivity contribution in [3.8, 4) is 11.4 Å². The third-order valence-corrected chi connectivity index (χ3v) is 10.2. The smallest absolute Gasteiger partial charge is 0.0548 e. The molecule has 0 unspecified atom stereocenters. The Hall–Kier alpha value is -5.38. The van der Waals surface area contributed by atoms with Crippen LogP contribution in [0.5, 0.6) is 0 Å². The van der Waals surface area contributed by atoms with E-state index in [4.69, 9.17) is 0 Å². The summed E-state index contributed by atoms with van der Waals surface area (Å²) < 4.78 is 7.54. The molecule has 43 heavy (non-hydrogen) atoms. The number of thiophene rings is 1. The van der Waals surface area contributed by atoms with Gasteiger partial charge in [-0.15, -0.1) is 11.3 Å². The monoisotopic (exact) mass is 564 g/mol. The average Bonchev–Trinajstić information content (AvgIpc) is 3.69. The standard InChI is InChI=1S/C40H24N2S/c1-2-12-27(13-3-1)41-35-16-8-6-14-29(35)32-22-28(18-19-36(32)41)42-37-21-26-11-5-4-10-25(26)20-31(37)33-24-40-34(23-38(33)42)30-15-7-9-17-39(30)43-40/h1-24H. The van der Waals surface area contributed by atoms with E-state index in [9.17, 15) is 0 Å². The maximum atomic E-state index is 2.48. The molecule has 0 bridgehead atoms. The normalized spacial score (nSPS) is 12.2. The van der Waals surface area contributed by atoms with Gasteiger partial charge in [-0.2, -0.15) is 0 Å². The summed E-state index contributed by atoms with van der Waals surface area (Å²) in [6.07, 6.45) is 0. The van der Waals surface area contributed by atoms with Gasteiger partial charge in [0.25, 0.3) is 0 Å². The molecule has 7 aromatic carbocycles. The summed E-state index contributed by atoms with van der Waals surface area (Å²) in [5.74, 6) is 0. The summed E-state index contributed by atoms with van der Waals surface area (Å²) in [5, 5.41) is 10.3. The Morgan fingerprint density at radius 2 is 0.953 bits per heavy atom. The lowest BCUT2D eigenvalue weighted by atomic mass is 10.1. The third kappa shape index (κ3) is 3.23. The molecule has 0 aliphatic heterocycles. The van der Waals surface area contributed by atoms with Crippen molar-refractivity contribution in [2.75, 3.05) is 0 Å². The number of aromatic nitrogens is 2. The Bertz CT molecular complexity index is 2720. The van der Waals surface area contributed by atoms with E-state index in [2.05, 4.69) is 155 Å². The van der Waals surface area contributed by atoms with Crippen molar-refractivity contribution in [3.63, 3.8) is 0 Å². The SMILES string of the molecule is c1ccc(-n2c3ccccc3c3cc(-n4c5cc6ccccc6cc5c5cc6sc7ccccc7c6cc54)ccc32)cc1. The molecule has 0 atom stereocenters. The molecule has 0 aliphatic rings. The molecule has 10 rings (SSSR count). The van der Waals surface area contributed by atoms with Crippen molar-refractivity contribution in [3.05, 3.63) is 146 Å². The van der Waals surface area contributed by atoms with E-state index in [0.717, 1.165) is 0 Å². The van der Waals surface area contributed by atoms with E-state index in [1.54, 1.807) is 0 Å². The molecule has 0 saturated heterocycles. The molecule has 10 aromatic rings. The van der Waals surface area contributed by atoms with Gasteiger partial charge in [-0.3, -0.25) is 0 Å². The highest BCUT2D eigenvalue weighted by atomic mass is 32.1. The molecular weight excluding hydrogens is 541 g/mol. The average molecular weight is 565 g/mol. The maximum absolute atomic E-state index is 2.48. The van der Waals surface area contributed by atoms with Gasteiger partial charge in [0.1, 0.15) is 0 Å². The highest BCUT2D eigenvalue weighted by molar-refractivity contribution is 7.25. The molecule has 2 nitrogen and oxygen atoms in total. The Balaban J connectivity index is 1.35. The van der Waals surface area contributed by atoms with Crippen LogP contribution >= 0.6 is 11.3 Å². The lowest BCUT2D eigenvalue weighted by molar-refractivity contribution is 1.17. The zero-order valence-corrected chi connectivity index (χ0v) is 24.0. The van der Waals surface area contributed by atoms with E-state index in [1.807, 2.05) is 11.3 Å². The predicted octanol–water partition coefficient (Wildman–Crippen LogP) is 11.4. The van der Waals surface area contributed by atoms with E-state index in [-0.39, 0.29) is 0 Å². The first-order chi connectivity index (χ1) is 21.3. The fraction of sp³-hybridized carbons (Fsp3) is 0. The van der Waals surface area contributed by atoms with Crippen molar-refractivity contribution in [1.29, 1.82) is 0 Å². The van der Waals surface area contributed by atoms with Gasteiger partial charge in [0.2, 0.25) is 0 Å². The van der Waals surface area contributed by atoms with Gasteiger partial charge in [0, 0.05) is 53.1 Å². The Morgan fingerprint density at radius 1 is 0.326 bits per heavy atom. The molecule has 0 N–H and O–H groups in total. The van der Waals surface area contributed by atoms with Crippen LogP contribution in [0.25, 0.3) is 85.9 Å². The fourth-order valence-corrected chi connectivity index (χ4v) is 8.28. The van der Waals surface area contributed by atoms with Gasteiger partial charge in [-0.25, -0.2) is 0 Å². The first kappa shape index (κ1) is 23.2. The van der Waals surface area contributed by atoms with Crippen molar-refractivity contribution < 1.29 is 0 Å². The van der Waals surface area contributed by atoms with Gasteiger partial charge in [0.05, 0.1) is 22.1 Å². The summed E-state index contributed by atoms with van der Waals surface area (Å²) in [6, 6.07) is 53.5. The molecule has 0 aliphatic carbocycles. The minimum absolute atomic E-state index is 1.18. The van der Waals surface area contributed by atoms with Crippen molar-refractivity contribution in [2.24, 2.45) is 0 Å². The first-order valence-electron chi connectivity index (χ1n) is 14.7. The van der Waals surface area contributed by atoms with E-state index in [0.29, 0.717) is 0 Å². The van der Waals surface area contributed by atoms with Gasteiger partial charge < -0.3 is 9.13 Å². The minimum Gasteiger partial charge on any atom is -0.309 e. The highest BCUT2D eigenvalue weighted by Crippen LogP contribution is 2.42. The van der Waals surface area contributed by atoms with E-state index in [1.165, 1.54) is 85.9 Å². The number of nitrogens with zero attached hydrogens (tertiary/aromatic N) is 2. The van der Waals surface area contributed by atoms with Crippen LogP contribution in [-0.2, 0) is 0 Å². The van der Waals surface area contributed by atoms with E-state index < -0.39 is 0 Å². The lowest BCUT2D eigenvalue weighted by Gasteiger charge is -2.11. The Kier molecular flexibility index (Phi) is 4.63. The van der Waals surface area contributed by atoms with Crippen LogP contribution in [0.4, 0.5) is 0 Å². The second-order valence-corrected chi connectivity index (χ2v) is 12.5. The molecule has 200 valence electrons. The number of rotatable bonds is 2. The molecule has 0 saturated carbocycles. The predicted molar refractivity (Wildman–Crippen MR) is 186 cm³/mol.